The minimum Gasteiger partial charge on any atom is -0.496 e. The average molecular weight is 435 g/mol. The molecule has 1 aliphatic rings. The highest BCUT2D eigenvalue weighted by atomic mass is 16.5. The highest BCUT2D eigenvalue weighted by molar-refractivity contribution is 6.00. The largest absolute Gasteiger partial charge is 0.496 e. The van der Waals surface area contributed by atoms with Crippen LogP contribution in [0.25, 0.3) is 16.9 Å². The van der Waals surface area contributed by atoms with Crippen molar-refractivity contribution in [2.24, 2.45) is 0 Å². The molecule has 0 aliphatic carbocycles. The number of ether oxygens (including phenoxy) is 2. The van der Waals surface area contributed by atoms with Crippen LogP contribution in [0.5, 0.6) is 5.75 Å². The molecule has 1 N–H and O–H groups in total. The predicted octanol–water partition coefficient (Wildman–Crippen LogP) is 3.39. The van der Waals surface area contributed by atoms with E-state index in [1.165, 1.54) is 0 Å². The minimum atomic E-state index is -0.181. The van der Waals surface area contributed by atoms with E-state index in [0.29, 0.717) is 23.6 Å². The molecule has 0 bridgehead atoms. The van der Waals surface area contributed by atoms with E-state index in [9.17, 15) is 4.79 Å². The summed E-state index contributed by atoms with van der Waals surface area (Å²) in [5.74, 6) is 0.517. The first-order valence-electron chi connectivity index (χ1n) is 10.9. The molecule has 1 aliphatic heterocycles. The second-order valence-electron chi connectivity index (χ2n) is 8.47. The van der Waals surface area contributed by atoms with E-state index in [1.807, 2.05) is 54.6 Å². The van der Waals surface area contributed by atoms with Crippen molar-refractivity contribution in [3.05, 3.63) is 66.4 Å². The summed E-state index contributed by atoms with van der Waals surface area (Å²) in [4.78, 5) is 15.7. The van der Waals surface area contributed by atoms with Gasteiger partial charge in [0.25, 0.3) is 5.91 Å². The van der Waals surface area contributed by atoms with Crippen LogP contribution >= 0.6 is 0 Å². The van der Waals surface area contributed by atoms with E-state index in [0.717, 1.165) is 37.6 Å². The fourth-order valence-corrected chi connectivity index (χ4v) is 3.96. The van der Waals surface area contributed by atoms with E-state index >= 15 is 0 Å². The van der Waals surface area contributed by atoms with Crippen molar-refractivity contribution in [1.82, 2.24) is 20.0 Å². The van der Waals surface area contributed by atoms with E-state index in [1.54, 1.807) is 18.0 Å². The molecule has 3 aromatic rings. The molecule has 1 saturated heterocycles. The lowest BCUT2D eigenvalue weighted by molar-refractivity contribution is -0.00923. The number of hydrogen-bond acceptors (Lipinski definition) is 5. The number of benzene rings is 2. The van der Waals surface area contributed by atoms with Crippen LogP contribution in [0.4, 0.5) is 0 Å². The lowest BCUT2D eigenvalue weighted by Crippen LogP contribution is -2.55. The molecule has 1 fully saturated rings. The van der Waals surface area contributed by atoms with Gasteiger partial charge in [0.05, 0.1) is 31.6 Å². The van der Waals surface area contributed by atoms with Gasteiger partial charge in [0.15, 0.2) is 0 Å². The van der Waals surface area contributed by atoms with E-state index in [4.69, 9.17) is 14.6 Å². The number of hydrogen-bond donors (Lipinski definition) is 1. The molecule has 4 rings (SSSR count). The third-order valence-electron chi connectivity index (χ3n) is 5.89. The van der Waals surface area contributed by atoms with Crippen LogP contribution < -0.4 is 10.1 Å². The highest BCUT2D eigenvalue weighted by Crippen LogP contribution is 2.31. The molecule has 32 heavy (non-hydrogen) atoms. The Morgan fingerprint density at radius 2 is 1.78 bits per heavy atom. The van der Waals surface area contributed by atoms with Gasteiger partial charge in [-0.2, -0.15) is 5.10 Å². The van der Waals surface area contributed by atoms with Crippen LogP contribution in [0.3, 0.4) is 0 Å². The summed E-state index contributed by atoms with van der Waals surface area (Å²) in [5, 5.41) is 7.90. The van der Waals surface area contributed by atoms with Crippen LogP contribution in [-0.2, 0) is 4.74 Å². The lowest BCUT2D eigenvalue weighted by Gasteiger charge is -2.40. The minimum absolute atomic E-state index is 0.158. The normalized spacial score (nSPS) is 14.8. The molecule has 168 valence electrons. The van der Waals surface area contributed by atoms with Gasteiger partial charge >= 0.3 is 0 Å². The summed E-state index contributed by atoms with van der Waals surface area (Å²) in [7, 11) is 1.62. The molecule has 0 unspecified atom stereocenters. The Balaban J connectivity index is 1.64. The van der Waals surface area contributed by atoms with E-state index in [2.05, 4.69) is 24.1 Å². The number of methoxy groups -OCH3 is 1. The van der Waals surface area contributed by atoms with Crippen molar-refractivity contribution in [3.8, 4) is 22.7 Å². The number of amides is 1. The monoisotopic (exact) mass is 434 g/mol. The van der Waals surface area contributed by atoms with Gasteiger partial charge in [-0.3, -0.25) is 9.69 Å². The Morgan fingerprint density at radius 1 is 1.09 bits per heavy atom. The summed E-state index contributed by atoms with van der Waals surface area (Å²) in [5.41, 5.74) is 2.59. The van der Waals surface area contributed by atoms with Gasteiger partial charge in [-0.05, 0) is 38.1 Å². The summed E-state index contributed by atoms with van der Waals surface area (Å²) in [6, 6.07) is 17.4. The smallest absolute Gasteiger partial charge is 0.255 e. The van der Waals surface area contributed by atoms with Gasteiger partial charge in [0, 0.05) is 36.9 Å². The van der Waals surface area contributed by atoms with Crippen molar-refractivity contribution in [2.45, 2.75) is 19.4 Å². The van der Waals surface area contributed by atoms with Crippen LogP contribution in [0.15, 0.2) is 60.8 Å². The molecule has 7 heteroatoms. The maximum absolute atomic E-state index is 13.4. The number of aromatic nitrogens is 2. The van der Waals surface area contributed by atoms with Crippen LogP contribution in [0, 0.1) is 0 Å². The molecular formula is C25H30N4O3. The van der Waals surface area contributed by atoms with E-state index in [-0.39, 0.29) is 11.4 Å². The molecule has 1 aromatic heterocycles. The Kier molecular flexibility index (Phi) is 6.58. The van der Waals surface area contributed by atoms with Crippen LogP contribution in [0.2, 0.25) is 0 Å². The SMILES string of the molecule is COc1ccccc1-c1nn(-c2ccccc2)cc1C(=O)NCC(C)(C)N1CCOCC1. The maximum Gasteiger partial charge on any atom is 0.255 e. The fourth-order valence-electron chi connectivity index (χ4n) is 3.96. The van der Waals surface area contributed by atoms with Gasteiger partial charge in [-0.15, -0.1) is 0 Å². The molecule has 7 nitrogen and oxygen atoms in total. The molecule has 0 radical (unpaired) electrons. The molecule has 2 heterocycles. The van der Waals surface area contributed by atoms with Gasteiger partial charge in [-0.25, -0.2) is 4.68 Å². The number of morpholine rings is 1. The maximum atomic E-state index is 13.4. The Morgan fingerprint density at radius 3 is 2.50 bits per heavy atom. The molecule has 0 spiro atoms. The predicted molar refractivity (Wildman–Crippen MR) is 124 cm³/mol. The molecule has 0 atom stereocenters. The quantitative estimate of drug-likeness (QED) is 0.617. The van der Waals surface area contributed by atoms with Crippen molar-refractivity contribution < 1.29 is 14.3 Å². The standard InChI is InChI=1S/C25H30N4O3/c1-25(2,28-13-15-32-16-14-28)18-26-24(30)21-17-29(19-9-5-4-6-10-19)27-23(21)20-11-7-8-12-22(20)31-3/h4-12,17H,13-16,18H2,1-3H3,(H,26,30). The first-order chi connectivity index (χ1) is 15.5. The average Bonchev–Trinajstić information content (AvgIpc) is 3.29. The Labute approximate surface area is 188 Å². The fraction of sp³-hybridized carbons (Fsp3) is 0.360. The number of rotatable bonds is 7. The van der Waals surface area contributed by atoms with Crippen molar-refractivity contribution in [3.63, 3.8) is 0 Å². The number of nitrogens with zero attached hydrogens (tertiary/aromatic N) is 3. The second-order valence-corrected chi connectivity index (χ2v) is 8.47. The highest BCUT2D eigenvalue weighted by Gasteiger charge is 2.29. The molecule has 1 amide bonds. The summed E-state index contributed by atoms with van der Waals surface area (Å²) >= 11 is 0. The summed E-state index contributed by atoms with van der Waals surface area (Å²) in [6.07, 6.45) is 1.79. The molecule has 2 aromatic carbocycles. The topological polar surface area (TPSA) is 68.6 Å². The first-order valence-corrected chi connectivity index (χ1v) is 10.9. The number of para-hydroxylation sites is 2. The molecule has 0 saturated carbocycles. The number of carbonyl (C=O) groups is 1. The Hall–Kier alpha value is -3.16. The van der Waals surface area contributed by atoms with Gasteiger partial charge in [-0.1, -0.05) is 30.3 Å². The van der Waals surface area contributed by atoms with Crippen LogP contribution in [0.1, 0.15) is 24.2 Å². The van der Waals surface area contributed by atoms with Crippen molar-refractivity contribution >= 4 is 5.91 Å². The Bertz CT molecular complexity index is 1060. The van der Waals surface area contributed by atoms with Crippen molar-refractivity contribution in [1.29, 1.82) is 0 Å². The number of carbonyl (C=O) groups excluding carboxylic acids is 1. The van der Waals surface area contributed by atoms with E-state index < -0.39 is 0 Å². The van der Waals surface area contributed by atoms with Crippen molar-refractivity contribution in [2.75, 3.05) is 40.0 Å². The van der Waals surface area contributed by atoms with Crippen LogP contribution in [-0.4, -0.2) is 66.1 Å². The zero-order valence-corrected chi connectivity index (χ0v) is 18.9. The molecular weight excluding hydrogens is 404 g/mol. The third kappa shape index (κ3) is 4.69. The second kappa shape index (κ2) is 9.54. The van der Waals surface area contributed by atoms with Gasteiger partial charge in [0.1, 0.15) is 11.4 Å². The van der Waals surface area contributed by atoms with Gasteiger partial charge < -0.3 is 14.8 Å². The first kappa shape index (κ1) is 22.0. The van der Waals surface area contributed by atoms with Gasteiger partial charge in [0.2, 0.25) is 0 Å². The zero-order chi connectivity index (χ0) is 22.6. The zero-order valence-electron chi connectivity index (χ0n) is 18.9. The third-order valence-corrected chi connectivity index (χ3v) is 5.89. The summed E-state index contributed by atoms with van der Waals surface area (Å²) < 4.78 is 12.8. The number of nitrogens with one attached hydrogen (secondary N) is 1. The lowest BCUT2D eigenvalue weighted by atomic mass is 10.0. The summed E-state index contributed by atoms with van der Waals surface area (Å²) in [6.45, 7) is 7.98.